The van der Waals surface area contributed by atoms with Gasteiger partial charge in [-0.05, 0) is 30.2 Å². The Morgan fingerprint density at radius 2 is 1.85 bits per heavy atom. The van der Waals surface area contributed by atoms with Crippen LogP contribution in [0.4, 0.5) is 17.6 Å². The Hall–Kier alpha value is -2.61. The number of esters is 1. The van der Waals surface area contributed by atoms with Gasteiger partial charge in [-0.1, -0.05) is 24.3 Å². The molecule has 1 N–H and O–H groups in total. The topological polar surface area (TPSA) is 55.8 Å². The summed E-state index contributed by atoms with van der Waals surface area (Å²) in [6, 6.07) is 8.37. The summed E-state index contributed by atoms with van der Waals surface area (Å²) >= 11 is 0. The average Bonchev–Trinajstić information content (AvgIpc) is 2.62. The molecule has 0 aliphatic carbocycles. The van der Waals surface area contributed by atoms with E-state index >= 15 is 0 Å². The third kappa shape index (κ3) is 4.32. The van der Waals surface area contributed by atoms with Crippen LogP contribution in [0.3, 0.4) is 0 Å². The van der Waals surface area contributed by atoms with Crippen LogP contribution in [0.1, 0.15) is 24.2 Å². The first-order valence-corrected chi connectivity index (χ1v) is 7.66. The second-order valence-corrected chi connectivity index (χ2v) is 5.31. The summed E-state index contributed by atoms with van der Waals surface area (Å²) in [6.07, 6.45) is -2.45. The number of alkyl halides is 2. The molecule has 0 heterocycles. The Labute approximate surface area is 147 Å². The zero-order valence-electron chi connectivity index (χ0n) is 13.7. The molecular weight excluding hydrogens is 356 g/mol. The highest BCUT2D eigenvalue weighted by Crippen LogP contribution is 2.34. The third-order valence-corrected chi connectivity index (χ3v) is 3.53. The molecule has 0 saturated heterocycles. The molecule has 2 aromatic carbocycles. The predicted octanol–water partition coefficient (Wildman–Crippen LogP) is 3.78. The lowest BCUT2D eigenvalue weighted by Gasteiger charge is -2.23. The summed E-state index contributed by atoms with van der Waals surface area (Å²) in [5.41, 5.74) is -0.0955. The van der Waals surface area contributed by atoms with Crippen molar-refractivity contribution in [3.8, 4) is 5.75 Å². The van der Waals surface area contributed by atoms with Crippen molar-refractivity contribution in [3.05, 3.63) is 65.2 Å². The molecule has 1 unspecified atom stereocenters. The van der Waals surface area contributed by atoms with Crippen LogP contribution >= 0.6 is 0 Å². The Bertz CT molecular complexity index is 780. The average molecular weight is 372 g/mol. The second kappa shape index (κ2) is 8.18. The molecule has 0 bridgehead atoms. The van der Waals surface area contributed by atoms with Crippen LogP contribution in [0.2, 0.25) is 0 Å². The standard InChI is InChI=1S/C18H16F4O4/c1-2-25-17(24)18(21,22)16(23)13-6-4-3-5-11(13)10-26-12-7-8-14(19)15(20)9-12/h3-9,16,23H,2,10H2,1H3. The smallest absolute Gasteiger partial charge is 0.380 e. The summed E-state index contributed by atoms with van der Waals surface area (Å²) in [7, 11) is 0. The van der Waals surface area contributed by atoms with Crippen LogP contribution in [-0.4, -0.2) is 23.6 Å². The van der Waals surface area contributed by atoms with Gasteiger partial charge in [-0.25, -0.2) is 13.6 Å². The minimum absolute atomic E-state index is 0.0228. The summed E-state index contributed by atoms with van der Waals surface area (Å²) in [5.74, 6) is -8.20. The summed E-state index contributed by atoms with van der Waals surface area (Å²) in [5, 5.41) is 9.99. The maximum Gasteiger partial charge on any atom is 0.380 e. The zero-order valence-corrected chi connectivity index (χ0v) is 13.7. The molecule has 1 atom stereocenters. The van der Waals surface area contributed by atoms with Gasteiger partial charge in [-0.15, -0.1) is 0 Å². The van der Waals surface area contributed by atoms with Gasteiger partial charge in [0, 0.05) is 6.07 Å². The molecule has 8 heteroatoms. The van der Waals surface area contributed by atoms with Crippen LogP contribution in [-0.2, 0) is 16.1 Å². The van der Waals surface area contributed by atoms with Gasteiger partial charge in [0.1, 0.15) is 12.4 Å². The Kier molecular flexibility index (Phi) is 6.20. The Balaban J connectivity index is 2.21. The summed E-state index contributed by atoms with van der Waals surface area (Å²) in [6.45, 7) is 0.795. The van der Waals surface area contributed by atoms with E-state index in [4.69, 9.17) is 4.74 Å². The van der Waals surface area contributed by atoms with Gasteiger partial charge in [-0.2, -0.15) is 8.78 Å². The van der Waals surface area contributed by atoms with Gasteiger partial charge in [0.2, 0.25) is 0 Å². The number of aliphatic hydroxyl groups excluding tert-OH is 1. The highest BCUT2D eigenvalue weighted by Gasteiger charge is 2.49. The fourth-order valence-corrected chi connectivity index (χ4v) is 2.19. The number of rotatable bonds is 7. The monoisotopic (exact) mass is 372 g/mol. The van der Waals surface area contributed by atoms with Crippen molar-refractivity contribution in [3.63, 3.8) is 0 Å². The minimum atomic E-state index is -4.16. The fraction of sp³-hybridized carbons (Fsp3) is 0.278. The maximum absolute atomic E-state index is 14.1. The maximum atomic E-state index is 14.1. The number of halogens is 4. The Morgan fingerprint density at radius 3 is 2.50 bits per heavy atom. The van der Waals surface area contributed by atoms with Gasteiger partial charge in [0.05, 0.1) is 6.61 Å². The highest BCUT2D eigenvalue weighted by atomic mass is 19.3. The van der Waals surface area contributed by atoms with Gasteiger partial charge in [0.25, 0.3) is 0 Å². The van der Waals surface area contributed by atoms with Gasteiger partial charge in [-0.3, -0.25) is 0 Å². The van der Waals surface area contributed by atoms with Crippen molar-refractivity contribution >= 4 is 5.97 Å². The number of hydrogen-bond donors (Lipinski definition) is 1. The molecule has 0 aliphatic heterocycles. The molecule has 0 fully saturated rings. The lowest BCUT2D eigenvalue weighted by atomic mass is 9.98. The number of benzene rings is 2. The van der Waals surface area contributed by atoms with Crippen LogP contribution < -0.4 is 4.74 Å². The molecule has 2 aromatic rings. The number of carbonyl (C=O) groups excluding carboxylic acids is 1. The molecule has 140 valence electrons. The first-order valence-electron chi connectivity index (χ1n) is 7.66. The van der Waals surface area contributed by atoms with Crippen molar-refractivity contribution in [2.24, 2.45) is 0 Å². The number of ether oxygens (including phenoxy) is 2. The van der Waals surface area contributed by atoms with Gasteiger partial charge in [0.15, 0.2) is 17.7 Å². The van der Waals surface area contributed by atoms with Gasteiger partial charge >= 0.3 is 11.9 Å². The van der Waals surface area contributed by atoms with Crippen molar-refractivity contribution in [2.75, 3.05) is 6.61 Å². The molecule has 0 aliphatic rings. The fourth-order valence-electron chi connectivity index (χ4n) is 2.19. The molecule has 0 amide bonds. The lowest BCUT2D eigenvalue weighted by molar-refractivity contribution is -0.189. The number of aliphatic hydroxyl groups is 1. The van der Waals surface area contributed by atoms with Crippen molar-refractivity contribution in [1.29, 1.82) is 0 Å². The van der Waals surface area contributed by atoms with E-state index in [9.17, 15) is 27.5 Å². The van der Waals surface area contributed by atoms with E-state index in [1.54, 1.807) is 0 Å². The van der Waals surface area contributed by atoms with E-state index in [1.165, 1.54) is 37.3 Å². The van der Waals surface area contributed by atoms with E-state index in [2.05, 4.69) is 4.74 Å². The van der Waals surface area contributed by atoms with Crippen LogP contribution in [0, 0.1) is 11.6 Å². The van der Waals surface area contributed by atoms with E-state index in [-0.39, 0.29) is 30.1 Å². The molecule has 0 saturated carbocycles. The molecule has 26 heavy (non-hydrogen) atoms. The molecule has 0 radical (unpaired) electrons. The Morgan fingerprint density at radius 1 is 1.15 bits per heavy atom. The number of carbonyl (C=O) groups is 1. The van der Waals surface area contributed by atoms with Crippen molar-refractivity contribution < 1.29 is 36.9 Å². The molecule has 0 aromatic heterocycles. The second-order valence-electron chi connectivity index (χ2n) is 5.31. The largest absolute Gasteiger partial charge is 0.489 e. The molecule has 0 spiro atoms. The molecular formula is C18H16F4O4. The summed E-state index contributed by atoms with van der Waals surface area (Å²) < 4.78 is 63.8. The predicted molar refractivity (Wildman–Crippen MR) is 83.7 cm³/mol. The minimum Gasteiger partial charge on any atom is -0.489 e. The van der Waals surface area contributed by atoms with Crippen LogP contribution in [0.5, 0.6) is 5.75 Å². The van der Waals surface area contributed by atoms with E-state index in [1.807, 2.05) is 0 Å². The summed E-state index contributed by atoms with van der Waals surface area (Å²) in [4.78, 5) is 11.4. The highest BCUT2D eigenvalue weighted by molar-refractivity contribution is 5.78. The first kappa shape index (κ1) is 19.7. The molecule has 2 rings (SSSR count). The number of hydrogen-bond acceptors (Lipinski definition) is 4. The first-order chi connectivity index (χ1) is 12.3. The van der Waals surface area contributed by atoms with Crippen LogP contribution in [0.25, 0.3) is 0 Å². The van der Waals surface area contributed by atoms with E-state index in [0.29, 0.717) is 0 Å². The quantitative estimate of drug-likeness (QED) is 0.594. The zero-order chi connectivity index (χ0) is 19.3. The normalized spacial score (nSPS) is 12.5. The van der Waals surface area contributed by atoms with E-state index in [0.717, 1.165) is 12.1 Å². The van der Waals surface area contributed by atoms with Gasteiger partial charge < -0.3 is 14.6 Å². The van der Waals surface area contributed by atoms with Crippen LogP contribution in [0.15, 0.2) is 42.5 Å². The van der Waals surface area contributed by atoms with Crippen molar-refractivity contribution in [1.82, 2.24) is 0 Å². The molecule has 4 nitrogen and oxygen atoms in total. The van der Waals surface area contributed by atoms with Crippen molar-refractivity contribution in [2.45, 2.75) is 25.6 Å². The lowest BCUT2D eigenvalue weighted by Crippen LogP contribution is -2.37. The van der Waals surface area contributed by atoms with E-state index < -0.39 is 29.6 Å². The SMILES string of the molecule is CCOC(=O)C(F)(F)C(O)c1ccccc1COc1ccc(F)c(F)c1. The third-order valence-electron chi connectivity index (χ3n) is 3.53.